The van der Waals surface area contributed by atoms with Gasteiger partial charge in [-0.2, -0.15) is 8.78 Å². The van der Waals surface area contributed by atoms with Gasteiger partial charge < -0.3 is 24.4 Å². The number of carbonyl (C=O) groups is 3. The lowest BCUT2D eigenvalue weighted by Gasteiger charge is -2.17. The molecule has 0 aliphatic rings. The number of alkyl halides is 2. The molecule has 0 unspecified atom stereocenters. The van der Waals surface area contributed by atoms with E-state index in [0.717, 1.165) is 16.9 Å². The van der Waals surface area contributed by atoms with Gasteiger partial charge in [0.05, 0.1) is 19.8 Å². The largest absolute Gasteiger partial charge is 0.465 e. The van der Waals surface area contributed by atoms with Crippen molar-refractivity contribution in [1.29, 1.82) is 0 Å². The zero-order chi connectivity index (χ0) is 23.8. The minimum atomic E-state index is -2.90. The van der Waals surface area contributed by atoms with Gasteiger partial charge in [-0.1, -0.05) is 12.1 Å². The standard InChI is InChI=1S/C21H24F2N2O6S/c1-12-16(19(27)29-3)18(32-17(12)20(28)30-4)24-15(26)8-9-25(2)11-13-6-5-7-14(10-13)31-21(22)23/h5-7,10,21H,8-9,11H2,1-4H3,(H,24,26). The number of amides is 1. The number of methoxy groups -OCH3 is 2. The number of rotatable bonds is 10. The molecule has 11 heteroatoms. The SMILES string of the molecule is COC(=O)c1sc(NC(=O)CCN(C)Cc2cccc(OC(F)F)c2)c(C(=O)OC)c1C. The number of hydrogen-bond donors (Lipinski definition) is 1. The topological polar surface area (TPSA) is 94.2 Å². The quantitative estimate of drug-likeness (QED) is 0.529. The summed E-state index contributed by atoms with van der Waals surface area (Å²) >= 11 is 0.938. The summed E-state index contributed by atoms with van der Waals surface area (Å²) in [6.45, 7) is -0.564. The van der Waals surface area contributed by atoms with Crippen molar-refractivity contribution in [3.8, 4) is 5.75 Å². The Bertz CT molecular complexity index is 979. The molecule has 32 heavy (non-hydrogen) atoms. The van der Waals surface area contributed by atoms with Crippen molar-refractivity contribution >= 4 is 34.2 Å². The second-order valence-corrected chi connectivity index (χ2v) is 7.83. The van der Waals surface area contributed by atoms with Crippen LogP contribution >= 0.6 is 11.3 Å². The third kappa shape index (κ3) is 6.72. The molecule has 0 spiro atoms. The van der Waals surface area contributed by atoms with Gasteiger partial charge in [-0.05, 0) is 37.2 Å². The van der Waals surface area contributed by atoms with Crippen molar-refractivity contribution in [1.82, 2.24) is 4.90 Å². The summed E-state index contributed by atoms with van der Waals surface area (Å²) in [5.41, 5.74) is 1.22. The van der Waals surface area contributed by atoms with E-state index in [2.05, 4.69) is 10.1 Å². The Hall–Kier alpha value is -3.05. The monoisotopic (exact) mass is 470 g/mol. The number of carbonyl (C=O) groups excluding carboxylic acids is 3. The van der Waals surface area contributed by atoms with E-state index in [9.17, 15) is 23.2 Å². The maximum absolute atomic E-state index is 12.5. The molecule has 0 saturated carbocycles. The van der Waals surface area contributed by atoms with Crippen LogP contribution in [0.15, 0.2) is 24.3 Å². The molecule has 1 N–H and O–H groups in total. The molecule has 174 valence electrons. The van der Waals surface area contributed by atoms with Crippen LogP contribution in [0.5, 0.6) is 5.75 Å². The molecule has 2 rings (SSSR count). The highest BCUT2D eigenvalue weighted by molar-refractivity contribution is 7.18. The summed E-state index contributed by atoms with van der Waals surface area (Å²) in [5, 5.41) is 2.86. The van der Waals surface area contributed by atoms with Gasteiger partial charge in [0.1, 0.15) is 15.6 Å². The van der Waals surface area contributed by atoms with Gasteiger partial charge in [-0.15, -0.1) is 11.3 Å². The van der Waals surface area contributed by atoms with Crippen molar-refractivity contribution in [3.05, 3.63) is 45.8 Å². The fourth-order valence-corrected chi connectivity index (χ4v) is 4.06. The second-order valence-electron chi connectivity index (χ2n) is 6.81. The summed E-state index contributed by atoms with van der Waals surface area (Å²) in [4.78, 5) is 38.6. The normalized spacial score (nSPS) is 10.9. The minimum Gasteiger partial charge on any atom is -0.465 e. The predicted octanol–water partition coefficient (Wildman–Crippen LogP) is 3.69. The van der Waals surface area contributed by atoms with Crippen LogP contribution in [0, 0.1) is 6.92 Å². The van der Waals surface area contributed by atoms with E-state index in [-0.39, 0.29) is 33.5 Å². The first-order valence-corrected chi connectivity index (χ1v) is 10.3. The van der Waals surface area contributed by atoms with E-state index in [4.69, 9.17) is 9.47 Å². The lowest BCUT2D eigenvalue weighted by atomic mass is 10.1. The molecule has 0 fully saturated rings. The van der Waals surface area contributed by atoms with Crippen molar-refractivity contribution in [2.24, 2.45) is 0 Å². The molecule has 0 bridgehead atoms. The number of benzene rings is 1. The van der Waals surface area contributed by atoms with Crippen LogP contribution < -0.4 is 10.1 Å². The Morgan fingerprint density at radius 3 is 2.47 bits per heavy atom. The highest BCUT2D eigenvalue weighted by Gasteiger charge is 2.26. The highest BCUT2D eigenvalue weighted by Crippen LogP contribution is 2.34. The van der Waals surface area contributed by atoms with Crippen molar-refractivity contribution in [2.45, 2.75) is 26.5 Å². The zero-order valence-electron chi connectivity index (χ0n) is 18.1. The average Bonchev–Trinajstić information content (AvgIpc) is 3.06. The summed E-state index contributed by atoms with van der Waals surface area (Å²) in [7, 11) is 4.21. The van der Waals surface area contributed by atoms with Gasteiger partial charge in [-0.25, -0.2) is 9.59 Å². The number of hydrogen-bond acceptors (Lipinski definition) is 8. The molecular weight excluding hydrogens is 446 g/mol. The van der Waals surface area contributed by atoms with Gasteiger partial charge in [0, 0.05) is 19.5 Å². The third-order valence-corrected chi connectivity index (χ3v) is 5.64. The average molecular weight is 470 g/mol. The summed E-state index contributed by atoms with van der Waals surface area (Å²) in [6, 6.07) is 6.32. The third-order valence-electron chi connectivity index (χ3n) is 4.46. The molecule has 0 saturated heterocycles. The van der Waals surface area contributed by atoms with E-state index in [1.165, 1.54) is 26.4 Å². The first-order chi connectivity index (χ1) is 15.2. The van der Waals surface area contributed by atoms with Crippen LogP contribution in [0.4, 0.5) is 13.8 Å². The lowest BCUT2D eigenvalue weighted by molar-refractivity contribution is -0.116. The van der Waals surface area contributed by atoms with Crippen LogP contribution in [-0.4, -0.2) is 57.2 Å². The Labute approximate surface area is 188 Å². The molecule has 1 aromatic heterocycles. The van der Waals surface area contributed by atoms with E-state index in [1.807, 2.05) is 4.90 Å². The Kier molecular flexibility index (Phi) is 9.09. The van der Waals surface area contributed by atoms with Gasteiger partial charge in [-0.3, -0.25) is 4.79 Å². The predicted molar refractivity (Wildman–Crippen MR) is 114 cm³/mol. The molecular formula is C21H24F2N2O6S. The number of thiophene rings is 1. The van der Waals surface area contributed by atoms with Crippen LogP contribution in [0.25, 0.3) is 0 Å². The smallest absolute Gasteiger partial charge is 0.387 e. The summed E-state index contributed by atoms with van der Waals surface area (Å²) in [6.07, 6.45) is 0.0921. The molecule has 1 heterocycles. The van der Waals surface area contributed by atoms with Crippen LogP contribution in [0.1, 0.15) is 37.6 Å². The van der Waals surface area contributed by atoms with E-state index in [0.29, 0.717) is 18.7 Å². The molecule has 0 atom stereocenters. The zero-order valence-corrected chi connectivity index (χ0v) is 18.9. The van der Waals surface area contributed by atoms with Crippen molar-refractivity contribution in [2.75, 3.05) is 33.1 Å². The fraction of sp³-hybridized carbons (Fsp3) is 0.381. The van der Waals surface area contributed by atoms with Crippen LogP contribution in [0.2, 0.25) is 0 Å². The molecule has 2 aromatic rings. The first-order valence-electron chi connectivity index (χ1n) is 9.48. The van der Waals surface area contributed by atoms with E-state index >= 15 is 0 Å². The lowest BCUT2D eigenvalue weighted by Crippen LogP contribution is -2.24. The van der Waals surface area contributed by atoms with Gasteiger partial charge in [0.2, 0.25) is 5.91 Å². The minimum absolute atomic E-state index is 0.0634. The van der Waals surface area contributed by atoms with Crippen LogP contribution in [0.3, 0.4) is 0 Å². The van der Waals surface area contributed by atoms with Gasteiger partial charge >= 0.3 is 18.6 Å². The van der Waals surface area contributed by atoms with Gasteiger partial charge in [0.25, 0.3) is 0 Å². The number of nitrogens with one attached hydrogen (secondary N) is 1. The number of halogens is 2. The molecule has 0 aliphatic heterocycles. The number of nitrogens with zero attached hydrogens (tertiary/aromatic N) is 1. The highest BCUT2D eigenvalue weighted by atomic mass is 32.1. The molecule has 1 aromatic carbocycles. The molecule has 8 nitrogen and oxygen atoms in total. The van der Waals surface area contributed by atoms with Crippen molar-refractivity contribution in [3.63, 3.8) is 0 Å². The maximum Gasteiger partial charge on any atom is 0.387 e. The molecule has 0 aliphatic carbocycles. The van der Waals surface area contributed by atoms with E-state index < -0.39 is 18.6 Å². The Balaban J connectivity index is 2.01. The second kappa shape index (κ2) is 11.5. The van der Waals surface area contributed by atoms with E-state index in [1.54, 1.807) is 26.1 Å². The Morgan fingerprint density at radius 2 is 1.84 bits per heavy atom. The van der Waals surface area contributed by atoms with Crippen molar-refractivity contribution < 1.29 is 37.4 Å². The number of ether oxygens (including phenoxy) is 3. The summed E-state index contributed by atoms with van der Waals surface area (Å²) < 4.78 is 38.6. The number of anilines is 1. The fourth-order valence-electron chi connectivity index (χ4n) is 2.93. The first kappa shape index (κ1) is 25.2. The van der Waals surface area contributed by atoms with Crippen LogP contribution in [-0.2, 0) is 20.8 Å². The number of esters is 2. The Morgan fingerprint density at radius 1 is 1.16 bits per heavy atom. The molecule has 0 radical (unpaired) electrons. The molecule has 1 amide bonds. The van der Waals surface area contributed by atoms with Gasteiger partial charge in [0.15, 0.2) is 0 Å². The summed E-state index contributed by atoms with van der Waals surface area (Å²) in [5.74, 6) is -1.59. The maximum atomic E-state index is 12.5.